The van der Waals surface area contributed by atoms with Gasteiger partial charge in [-0.2, -0.15) is 5.10 Å². The summed E-state index contributed by atoms with van der Waals surface area (Å²) in [5, 5.41) is 8.63. The van der Waals surface area contributed by atoms with Gasteiger partial charge in [-0.1, -0.05) is 43.9 Å². The van der Waals surface area contributed by atoms with Gasteiger partial charge in [0.05, 0.1) is 5.39 Å². The molecule has 0 bridgehead atoms. The third-order valence-corrected chi connectivity index (χ3v) is 6.56. The number of amides is 1. The second kappa shape index (κ2) is 8.03. The first-order chi connectivity index (χ1) is 13.6. The van der Waals surface area contributed by atoms with Crippen LogP contribution in [0.1, 0.15) is 61.9 Å². The van der Waals surface area contributed by atoms with Crippen LogP contribution in [0.25, 0.3) is 10.8 Å². The maximum absolute atomic E-state index is 13.1. The van der Waals surface area contributed by atoms with Crippen LogP contribution in [0.4, 0.5) is 0 Å². The quantitative estimate of drug-likeness (QED) is 0.883. The number of hydrogen-bond donors (Lipinski definition) is 1. The van der Waals surface area contributed by atoms with E-state index in [1.54, 1.807) is 19.2 Å². The van der Waals surface area contributed by atoms with Gasteiger partial charge in [0.1, 0.15) is 0 Å². The van der Waals surface area contributed by atoms with Crippen LogP contribution in [-0.4, -0.2) is 45.8 Å². The number of rotatable bonds is 4. The van der Waals surface area contributed by atoms with Crippen molar-refractivity contribution < 1.29 is 4.79 Å². The third-order valence-electron chi connectivity index (χ3n) is 6.56. The Morgan fingerprint density at radius 2 is 1.68 bits per heavy atom. The van der Waals surface area contributed by atoms with E-state index in [9.17, 15) is 9.59 Å². The fourth-order valence-corrected chi connectivity index (χ4v) is 4.98. The largest absolute Gasteiger partial charge is 0.349 e. The Morgan fingerprint density at radius 1 is 1.04 bits per heavy atom. The van der Waals surface area contributed by atoms with Crippen LogP contribution in [0.5, 0.6) is 0 Å². The molecule has 1 aromatic carbocycles. The Kier molecular flexibility index (Phi) is 5.49. The van der Waals surface area contributed by atoms with Crippen molar-refractivity contribution in [2.75, 3.05) is 19.6 Å². The molecule has 150 valence electrons. The average molecular weight is 383 g/mol. The number of carbonyl (C=O) groups is 1. The topological polar surface area (TPSA) is 67.2 Å². The predicted molar refractivity (Wildman–Crippen MR) is 111 cm³/mol. The Labute approximate surface area is 165 Å². The second-order valence-electron chi connectivity index (χ2n) is 8.34. The van der Waals surface area contributed by atoms with Crippen molar-refractivity contribution in [2.24, 2.45) is 7.05 Å². The summed E-state index contributed by atoms with van der Waals surface area (Å²) in [6, 6.07) is 7.22. The van der Waals surface area contributed by atoms with E-state index in [0.29, 0.717) is 23.0 Å². The standard InChI is InChI=1S/C22H30N4O2/c1-25-21(28)18-11-5-4-10-17(18)19(24-25)20(27)23-16-22(12-6-2-7-13-22)26-14-8-3-9-15-26/h4-5,10-11H,2-3,6-9,12-16H2,1H3,(H,23,27). The van der Waals surface area contributed by atoms with Crippen LogP contribution in [0, 0.1) is 0 Å². The first-order valence-corrected chi connectivity index (χ1v) is 10.6. The fourth-order valence-electron chi connectivity index (χ4n) is 4.98. The van der Waals surface area contributed by atoms with Gasteiger partial charge in [-0.05, 0) is 44.8 Å². The summed E-state index contributed by atoms with van der Waals surface area (Å²) in [5.41, 5.74) is 0.233. The highest BCUT2D eigenvalue weighted by molar-refractivity contribution is 6.04. The zero-order valence-electron chi connectivity index (χ0n) is 16.7. The minimum Gasteiger partial charge on any atom is -0.349 e. The van der Waals surface area contributed by atoms with E-state index < -0.39 is 0 Å². The summed E-state index contributed by atoms with van der Waals surface area (Å²) in [5.74, 6) is -0.186. The maximum atomic E-state index is 13.1. The molecule has 6 nitrogen and oxygen atoms in total. The highest BCUT2D eigenvalue weighted by atomic mass is 16.2. The van der Waals surface area contributed by atoms with Crippen molar-refractivity contribution in [1.29, 1.82) is 0 Å². The Bertz CT molecular complexity index is 908. The van der Waals surface area contributed by atoms with Crippen LogP contribution in [0.15, 0.2) is 29.1 Å². The normalized spacial score (nSPS) is 20.2. The number of aromatic nitrogens is 2. The van der Waals surface area contributed by atoms with Gasteiger partial charge in [0.2, 0.25) is 0 Å². The van der Waals surface area contributed by atoms with Gasteiger partial charge in [-0.15, -0.1) is 0 Å². The van der Waals surface area contributed by atoms with Gasteiger partial charge in [-0.3, -0.25) is 14.5 Å². The average Bonchev–Trinajstić information content (AvgIpc) is 2.76. The van der Waals surface area contributed by atoms with Crippen LogP contribution in [0.2, 0.25) is 0 Å². The fraction of sp³-hybridized carbons (Fsp3) is 0.591. The van der Waals surface area contributed by atoms with E-state index in [0.717, 1.165) is 25.9 Å². The van der Waals surface area contributed by atoms with E-state index in [2.05, 4.69) is 15.3 Å². The van der Waals surface area contributed by atoms with Gasteiger partial charge in [0.25, 0.3) is 11.5 Å². The molecule has 2 heterocycles. The van der Waals surface area contributed by atoms with E-state index >= 15 is 0 Å². The molecule has 2 fully saturated rings. The lowest BCUT2D eigenvalue weighted by Gasteiger charge is -2.48. The Balaban J connectivity index is 1.58. The van der Waals surface area contributed by atoms with Gasteiger partial charge in [-0.25, -0.2) is 4.68 Å². The maximum Gasteiger partial charge on any atom is 0.274 e. The first kappa shape index (κ1) is 19.1. The lowest BCUT2D eigenvalue weighted by atomic mass is 9.79. The molecule has 0 unspecified atom stereocenters. The summed E-state index contributed by atoms with van der Waals surface area (Å²) in [6.07, 6.45) is 9.86. The number of nitrogens with one attached hydrogen (secondary N) is 1. The van der Waals surface area contributed by atoms with Gasteiger partial charge >= 0.3 is 0 Å². The van der Waals surface area contributed by atoms with Crippen LogP contribution in [0.3, 0.4) is 0 Å². The van der Waals surface area contributed by atoms with Gasteiger partial charge < -0.3 is 5.32 Å². The van der Waals surface area contributed by atoms with Crippen molar-refractivity contribution in [3.05, 3.63) is 40.3 Å². The molecule has 0 radical (unpaired) electrons. The zero-order chi connectivity index (χ0) is 19.6. The molecule has 1 aliphatic carbocycles. The highest BCUT2D eigenvalue weighted by Gasteiger charge is 2.38. The molecule has 6 heteroatoms. The molecule has 1 amide bonds. The molecule has 1 aromatic heterocycles. The number of benzene rings is 1. The molecule has 2 aliphatic rings. The Hall–Kier alpha value is -2.21. The number of carbonyl (C=O) groups excluding carboxylic acids is 1. The SMILES string of the molecule is Cn1nc(C(=O)NCC2(N3CCCCC3)CCCCC2)c2ccccc2c1=O. The first-order valence-electron chi connectivity index (χ1n) is 10.6. The number of nitrogens with zero attached hydrogens (tertiary/aromatic N) is 3. The lowest BCUT2D eigenvalue weighted by Crippen LogP contribution is -2.58. The summed E-state index contributed by atoms with van der Waals surface area (Å²) in [6.45, 7) is 2.93. The summed E-state index contributed by atoms with van der Waals surface area (Å²) >= 11 is 0. The van der Waals surface area contributed by atoms with E-state index in [1.165, 1.54) is 43.2 Å². The molecule has 1 N–H and O–H groups in total. The molecule has 0 atom stereocenters. The number of fused-ring (bicyclic) bond motifs is 1. The number of likely N-dealkylation sites (tertiary alicyclic amines) is 1. The molecule has 28 heavy (non-hydrogen) atoms. The second-order valence-corrected chi connectivity index (χ2v) is 8.34. The van der Waals surface area contributed by atoms with Gasteiger partial charge in [0, 0.05) is 24.5 Å². The molecule has 0 spiro atoms. The highest BCUT2D eigenvalue weighted by Crippen LogP contribution is 2.35. The molecule has 1 aliphatic heterocycles. The summed E-state index contributed by atoms with van der Waals surface area (Å²) in [7, 11) is 1.60. The minimum atomic E-state index is -0.186. The van der Waals surface area contributed by atoms with E-state index in [4.69, 9.17) is 0 Å². The number of aryl methyl sites for hydroxylation is 1. The molecular weight excluding hydrogens is 352 g/mol. The van der Waals surface area contributed by atoms with Crippen LogP contribution in [-0.2, 0) is 7.05 Å². The molecular formula is C22H30N4O2. The minimum absolute atomic E-state index is 0.0742. The lowest BCUT2D eigenvalue weighted by molar-refractivity contribution is 0.0326. The van der Waals surface area contributed by atoms with Crippen molar-refractivity contribution in [1.82, 2.24) is 20.0 Å². The van der Waals surface area contributed by atoms with Crippen LogP contribution >= 0.6 is 0 Å². The number of piperidine rings is 1. The molecule has 2 aromatic rings. The smallest absolute Gasteiger partial charge is 0.274 e. The summed E-state index contributed by atoms with van der Waals surface area (Å²) < 4.78 is 1.26. The van der Waals surface area contributed by atoms with Crippen molar-refractivity contribution >= 4 is 16.7 Å². The van der Waals surface area contributed by atoms with Crippen LogP contribution < -0.4 is 10.9 Å². The van der Waals surface area contributed by atoms with E-state index in [-0.39, 0.29) is 17.0 Å². The molecule has 4 rings (SSSR count). The molecule has 1 saturated carbocycles. The third kappa shape index (κ3) is 3.58. The zero-order valence-corrected chi connectivity index (χ0v) is 16.7. The van der Waals surface area contributed by atoms with Crippen molar-refractivity contribution in [3.8, 4) is 0 Å². The van der Waals surface area contributed by atoms with E-state index in [1.807, 2.05) is 12.1 Å². The number of hydrogen-bond acceptors (Lipinski definition) is 4. The molecule has 1 saturated heterocycles. The Morgan fingerprint density at radius 3 is 2.39 bits per heavy atom. The van der Waals surface area contributed by atoms with Crippen molar-refractivity contribution in [2.45, 2.75) is 56.9 Å². The van der Waals surface area contributed by atoms with Crippen molar-refractivity contribution in [3.63, 3.8) is 0 Å². The summed E-state index contributed by atoms with van der Waals surface area (Å²) in [4.78, 5) is 28.0. The monoisotopic (exact) mass is 382 g/mol. The van der Waals surface area contributed by atoms with Gasteiger partial charge in [0.15, 0.2) is 5.69 Å². The predicted octanol–water partition coefficient (Wildman–Crippen LogP) is 2.85.